The van der Waals surface area contributed by atoms with Crippen LogP contribution >= 0.6 is 15.9 Å². The average molecular weight is 442 g/mol. The van der Waals surface area contributed by atoms with Crippen LogP contribution in [0.2, 0.25) is 0 Å². The van der Waals surface area contributed by atoms with Gasteiger partial charge >= 0.3 is 0 Å². The zero-order valence-electron chi connectivity index (χ0n) is 15.8. The molecule has 0 saturated carbocycles. The molecule has 0 radical (unpaired) electrons. The number of nitrogens with one attached hydrogen (secondary N) is 1. The van der Waals surface area contributed by atoms with Crippen molar-refractivity contribution in [3.63, 3.8) is 0 Å². The number of ether oxygens (including phenoxy) is 1. The van der Waals surface area contributed by atoms with Crippen LogP contribution in [0, 0.1) is 6.92 Å². The maximum Gasteiger partial charge on any atom is 0.272 e. The van der Waals surface area contributed by atoms with Gasteiger partial charge in [-0.25, -0.2) is 4.98 Å². The van der Waals surface area contributed by atoms with E-state index in [0.29, 0.717) is 11.2 Å². The van der Waals surface area contributed by atoms with Crippen LogP contribution in [0.1, 0.15) is 16.1 Å². The van der Waals surface area contributed by atoms with Gasteiger partial charge in [-0.1, -0.05) is 22.0 Å². The first-order chi connectivity index (χ1) is 13.4. The summed E-state index contributed by atoms with van der Waals surface area (Å²) in [7, 11) is 3.18. The molecule has 3 rings (SSSR count). The van der Waals surface area contributed by atoms with Crippen LogP contribution in [0.15, 0.2) is 53.0 Å². The maximum absolute atomic E-state index is 12.7. The molecule has 28 heavy (non-hydrogen) atoms. The maximum atomic E-state index is 12.7. The van der Waals surface area contributed by atoms with Crippen LogP contribution < -0.4 is 10.1 Å². The second-order valence-electron chi connectivity index (χ2n) is 6.42. The SMILES string of the molecule is COc1ccc2nc(C(=O)N(C)CC(=O)Nc3ccc(Br)cc3C)ccc2c1. The first-order valence-corrected chi connectivity index (χ1v) is 9.43. The summed E-state index contributed by atoms with van der Waals surface area (Å²) >= 11 is 3.39. The summed E-state index contributed by atoms with van der Waals surface area (Å²) in [6, 6.07) is 14.5. The fourth-order valence-electron chi connectivity index (χ4n) is 2.79. The molecule has 3 aromatic rings. The zero-order chi connectivity index (χ0) is 20.3. The molecule has 0 spiro atoms. The van der Waals surface area contributed by atoms with Gasteiger partial charge in [0.1, 0.15) is 11.4 Å². The lowest BCUT2D eigenvalue weighted by Crippen LogP contribution is -2.35. The second kappa shape index (κ2) is 8.39. The normalized spacial score (nSPS) is 10.6. The Morgan fingerprint density at radius 2 is 1.93 bits per heavy atom. The van der Waals surface area contributed by atoms with Crippen molar-refractivity contribution in [3.05, 3.63) is 64.3 Å². The number of hydrogen-bond acceptors (Lipinski definition) is 4. The number of methoxy groups -OCH3 is 1. The summed E-state index contributed by atoms with van der Waals surface area (Å²) in [4.78, 5) is 30.7. The van der Waals surface area contributed by atoms with E-state index in [9.17, 15) is 9.59 Å². The van der Waals surface area contributed by atoms with Crippen molar-refractivity contribution in [2.24, 2.45) is 0 Å². The molecule has 6 nitrogen and oxygen atoms in total. The number of hydrogen-bond donors (Lipinski definition) is 1. The number of fused-ring (bicyclic) bond motifs is 1. The van der Waals surface area contributed by atoms with Crippen LogP contribution in [0.5, 0.6) is 5.75 Å². The average Bonchev–Trinajstić information content (AvgIpc) is 2.68. The molecule has 0 bridgehead atoms. The van der Waals surface area contributed by atoms with E-state index in [2.05, 4.69) is 26.2 Å². The summed E-state index contributed by atoms with van der Waals surface area (Å²) in [5.41, 5.74) is 2.62. The highest BCUT2D eigenvalue weighted by Gasteiger charge is 2.17. The molecule has 0 saturated heterocycles. The molecule has 1 heterocycles. The number of anilines is 1. The third-order valence-electron chi connectivity index (χ3n) is 4.31. The molecule has 1 aromatic heterocycles. The van der Waals surface area contributed by atoms with Gasteiger partial charge in [0.15, 0.2) is 0 Å². The van der Waals surface area contributed by atoms with Crippen LogP contribution in [0.4, 0.5) is 5.69 Å². The first kappa shape index (κ1) is 19.8. The summed E-state index contributed by atoms with van der Waals surface area (Å²) in [6.45, 7) is 1.83. The molecule has 2 amide bonds. The van der Waals surface area contributed by atoms with Gasteiger partial charge in [0, 0.05) is 22.6 Å². The lowest BCUT2D eigenvalue weighted by molar-refractivity contribution is -0.116. The highest BCUT2D eigenvalue weighted by molar-refractivity contribution is 9.10. The van der Waals surface area contributed by atoms with Crippen LogP contribution in [0.3, 0.4) is 0 Å². The Kier molecular flexibility index (Phi) is 5.94. The molecule has 7 heteroatoms. The molecular formula is C21H20BrN3O3. The zero-order valence-corrected chi connectivity index (χ0v) is 17.4. The van der Waals surface area contributed by atoms with E-state index in [1.54, 1.807) is 32.4 Å². The van der Waals surface area contributed by atoms with Gasteiger partial charge in [0.05, 0.1) is 19.2 Å². The summed E-state index contributed by atoms with van der Waals surface area (Å²) < 4.78 is 6.14. The predicted molar refractivity (Wildman–Crippen MR) is 113 cm³/mol. The smallest absolute Gasteiger partial charge is 0.272 e. The first-order valence-electron chi connectivity index (χ1n) is 8.63. The van der Waals surface area contributed by atoms with E-state index in [4.69, 9.17) is 4.74 Å². The van der Waals surface area contributed by atoms with Crippen molar-refractivity contribution in [1.29, 1.82) is 0 Å². The van der Waals surface area contributed by atoms with E-state index in [0.717, 1.165) is 21.2 Å². The van der Waals surface area contributed by atoms with Gasteiger partial charge in [-0.05, 0) is 55.0 Å². The largest absolute Gasteiger partial charge is 0.497 e. The lowest BCUT2D eigenvalue weighted by atomic mass is 10.2. The molecule has 1 N–H and O–H groups in total. The van der Waals surface area contributed by atoms with Crippen LogP contribution in [-0.4, -0.2) is 42.4 Å². The highest BCUT2D eigenvalue weighted by atomic mass is 79.9. The number of aromatic nitrogens is 1. The Morgan fingerprint density at radius 3 is 2.64 bits per heavy atom. The van der Waals surface area contributed by atoms with Crippen molar-refractivity contribution < 1.29 is 14.3 Å². The number of amides is 2. The molecular weight excluding hydrogens is 422 g/mol. The fourth-order valence-corrected chi connectivity index (χ4v) is 3.27. The predicted octanol–water partition coefficient (Wildman–Crippen LogP) is 4.03. The van der Waals surface area contributed by atoms with Crippen molar-refractivity contribution in [1.82, 2.24) is 9.88 Å². The van der Waals surface area contributed by atoms with Gasteiger partial charge in [0.2, 0.25) is 5.91 Å². The quantitative estimate of drug-likeness (QED) is 0.648. The van der Waals surface area contributed by atoms with Crippen molar-refractivity contribution in [3.8, 4) is 5.75 Å². The topological polar surface area (TPSA) is 71.5 Å². The van der Waals surface area contributed by atoms with E-state index in [1.165, 1.54) is 4.90 Å². The molecule has 0 unspecified atom stereocenters. The molecule has 0 aliphatic heterocycles. The Bertz CT molecular complexity index is 1050. The van der Waals surface area contributed by atoms with Crippen LogP contribution in [-0.2, 0) is 4.79 Å². The third kappa shape index (κ3) is 4.48. The van der Waals surface area contributed by atoms with Gasteiger partial charge in [-0.15, -0.1) is 0 Å². The highest BCUT2D eigenvalue weighted by Crippen LogP contribution is 2.21. The lowest BCUT2D eigenvalue weighted by Gasteiger charge is -2.17. The molecule has 0 aliphatic carbocycles. The monoisotopic (exact) mass is 441 g/mol. The number of rotatable bonds is 5. The number of aryl methyl sites for hydroxylation is 1. The second-order valence-corrected chi connectivity index (χ2v) is 7.34. The Balaban J connectivity index is 1.69. The molecule has 0 atom stereocenters. The number of nitrogens with zero attached hydrogens (tertiary/aromatic N) is 2. The number of halogens is 1. The minimum atomic E-state index is -0.319. The number of pyridine rings is 1. The molecule has 0 fully saturated rings. The Morgan fingerprint density at radius 1 is 1.14 bits per heavy atom. The third-order valence-corrected chi connectivity index (χ3v) is 4.80. The van der Waals surface area contributed by atoms with Gasteiger partial charge in [-0.3, -0.25) is 9.59 Å². The van der Waals surface area contributed by atoms with Gasteiger partial charge < -0.3 is 15.0 Å². The summed E-state index contributed by atoms with van der Waals surface area (Å²) in [6.07, 6.45) is 0. The van der Waals surface area contributed by atoms with Crippen molar-refractivity contribution in [2.75, 3.05) is 26.0 Å². The molecule has 2 aromatic carbocycles. The standard InChI is InChI=1S/C21H20BrN3O3/c1-13-10-15(22)5-8-17(13)24-20(26)12-25(2)21(27)19-7-4-14-11-16(28-3)6-9-18(14)23-19/h4-11H,12H2,1-3H3,(H,24,26). The van der Waals surface area contributed by atoms with E-state index in [1.807, 2.05) is 37.3 Å². The number of likely N-dealkylation sites (N-methyl/N-ethyl adjacent to an activating group) is 1. The van der Waals surface area contributed by atoms with Gasteiger partial charge in [0.25, 0.3) is 5.91 Å². The molecule has 0 aliphatic rings. The van der Waals surface area contributed by atoms with E-state index >= 15 is 0 Å². The molecule has 144 valence electrons. The Hall–Kier alpha value is -2.93. The number of benzene rings is 2. The fraction of sp³-hybridized carbons (Fsp3) is 0.190. The van der Waals surface area contributed by atoms with Crippen molar-refractivity contribution >= 4 is 44.3 Å². The minimum Gasteiger partial charge on any atom is -0.497 e. The van der Waals surface area contributed by atoms with E-state index in [-0.39, 0.29) is 24.1 Å². The minimum absolute atomic E-state index is 0.0728. The van der Waals surface area contributed by atoms with Crippen molar-refractivity contribution in [2.45, 2.75) is 6.92 Å². The van der Waals surface area contributed by atoms with E-state index < -0.39 is 0 Å². The number of carbonyl (C=O) groups is 2. The van der Waals surface area contributed by atoms with Crippen LogP contribution in [0.25, 0.3) is 10.9 Å². The summed E-state index contributed by atoms with van der Waals surface area (Å²) in [5.74, 6) is 0.137. The summed E-state index contributed by atoms with van der Waals surface area (Å²) in [5, 5.41) is 3.71. The van der Waals surface area contributed by atoms with Gasteiger partial charge in [-0.2, -0.15) is 0 Å². The number of carbonyl (C=O) groups excluding carboxylic acids is 2. The Labute approximate surface area is 171 Å².